The number of pyridine rings is 1. The van der Waals surface area contributed by atoms with Crippen molar-refractivity contribution in [2.45, 2.75) is 12.8 Å². The molecular weight excluding hydrogens is 376 g/mol. The fraction of sp³-hybridized carbons (Fsp3) is 0.250. The molecule has 30 heavy (non-hydrogen) atoms. The Hall–Kier alpha value is -3.54. The third kappa shape index (κ3) is 4.54. The molecule has 0 unspecified atom stereocenters. The molecule has 2 N–H and O–H groups in total. The van der Waals surface area contributed by atoms with Crippen LogP contribution in [0.2, 0.25) is 0 Å². The normalized spacial score (nSPS) is 13.2. The number of methoxy groups -OCH3 is 1. The summed E-state index contributed by atoms with van der Waals surface area (Å²) in [7, 11) is 1.38. The second kappa shape index (κ2) is 9.31. The van der Waals surface area contributed by atoms with Crippen LogP contribution in [0.15, 0.2) is 66.7 Å². The van der Waals surface area contributed by atoms with E-state index >= 15 is 0 Å². The first-order valence-corrected chi connectivity index (χ1v) is 10.2. The van der Waals surface area contributed by atoms with E-state index in [2.05, 4.69) is 39.8 Å². The lowest BCUT2D eigenvalue weighted by molar-refractivity contribution is 0.0602. The number of carbonyl (C=O) groups is 1. The molecule has 1 aliphatic rings. The van der Waals surface area contributed by atoms with Crippen molar-refractivity contribution in [3.05, 3.63) is 72.3 Å². The molecule has 0 spiro atoms. The molecule has 2 heterocycles. The summed E-state index contributed by atoms with van der Waals surface area (Å²) in [6.45, 7) is 2.63. The number of para-hydroxylation sites is 1. The number of nitrogens with zero attached hydrogens (tertiary/aromatic N) is 2. The van der Waals surface area contributed by atoms with Gasteiger partial charge in [0.05, 0.1) is 30.7 Å². The van der Waals surface area contributed by atoms with Gasteiger partial charge in [0.2, 0.25) is 0 Å². The largest absolute Gasteiger partial charge is 0.465 e. The van der Waals surface area contributed by atoms with Crippen LogP contribution < -0.4 is 15.5 Å². The first-order chi connectivity index (χ1) is 14.7. The fourth-order valence-corrected chi connectivity index (χ4v) is 3.66. The smallest absolute Gasteiger partial charge is 0.339 e. The van der Waals surface area contributed by atoms with Gasteiger partial charge in [0.1, 0.15) is 5.82 Å². The van der Waals surface area contributed by atoms with Gasteiger partial charge in [-0.2, -0.15) is 0 Å². The van der Waals surface area contributed by atoms with E-state index in [1.807, 2.05) is 36.4 Å². The van der Waals surface area contributed by atoms with Crippen molar-refractivity contribution < 1.29 is 9.53 Å². The Labute approximate surface area is 176 Å². The summed E-state index contributed by atoms with van der Waals surface area (Å²) in [5, 5.41) is 6.60. The summed E-state index contributed by atoms with van der Waals surface area (Å²) in [5.74, 6) is 0.688. The minimum Gasteiger partial charge on any atom is -0.465 e. The fourth-order valence-electron chi connectivity index (χ4n) is 3.66. The molecule has 1 saturated heterocycles. The Morgan fingerprint density at radius 1 is 1.00 bits per heavy atom. The molecule has 0 bridgehead atoms. The van der Waals surface area contributed by atoms with Crippen LogP contribution >= 0.6 is 0 Å². The van der Waals surface area contributed by atoms with Crippen molar-refractivity contribution in [3.8, 4) is 11.3 Å². The summed E-state index contributed by atoms with van der Waals surface area (Å²) >= 11 is 0. The average molecular weight is 402 g/mol. The standard InChI is InChI=1S/C24H26N4O2/c1-30-24(29)20-10-2-3-11-22(20)26-17-25-19-9-6-8-18(16-19)21-12-7-13-23(27-21)28-14-4-5-15-28/h2-3,6-13,16,25-26H,4-5,14-15,17H2,1H3. The second-order valence-electron chi connectivity index (χ2n) is 7.22. The third-order valence-electron chi connectivity index (χ3n) is 5.23. The molecular formula is C24H26N4O2. The van der Waals surface area contributed by atoms with Crippen molar-refractivity contribution in [1.82, 2.24) is 4.98 Å². The summed E-state index contributed by atoms with van der Waals surface area (Å²) in [6, 6.07) is 21.7. The van der Waals surface area contributed by atoms with E-state index < -0.39 is 0 Å². The highest BCUT2D eigenvalue weighted by Gasteiger charge is 2.14. The summed E-state index contributed by atoms with van der Waals surface area (Å²) in [6.07, 6.45) is 2.47. The average Bonchev–Trinajstić information content (AvgIpc) is 3.34. The molecule has 1 aromatic heterocycles. The Kier molecular flexibility index (Phi) is 6.13. The Morgan fingerprint density at radius 2 is 1.80 bits per heavy atom. The van der Waals surface area contributed by atoms with Gasteiger partial charge in [0, 0.05) is 24.3 Å². The molecule has 3 aromatic rings. The van der Waals surface area contributed by atoms with Gasteiger partial charge in [0.15, 0.2) is 0 Å². The van der Waals surface area contributed by atoms with Gasteiger partial charge in [-0.3, -0.25) is 0 Å². The summed E-state index contributed by atoms with van der Waals surface area (Å²) in [5.41, 5.74) is 4.25. The molecule has 0 radical (unpaired) electrons. The molecule has 0 aliphatic carbocycles. The minimum atomic E-state index is -0.357. The zero-order valence-electron chi connectivity index (χ0n) is 17.1. The molecule has 1 fully saturated rings. The number of carbonyl (C=O) groups excluding carboxylic acids is 1. The van der Waals surface area contributed by atoms with Crippen molar-refractivity contribution in [3.63, 3.8) is 0 Å². The molecule has 0 amide bonds. The quantitative estimate of drug-likeness (QED) is 0.444. The molecule has 1 aliphatic heterocycles. The number of esters is 1. The highest BCUT2D eigenvalue weighted by molar-refractivity contribution is 5.95. The number of benzene rings is 2. The van der Waals surface area contributed by atoms with Crippen molar-refractivity contribution in [2.75, 3.05) is 42.4 Å². The maximum absolute atomic E-state index is 11.9. The highest BCUT2D eigenvalue weighted by atomic mass is 16.5. The van der Waals surface area contributed by atoms with E-state index in [-0.39, 0.29) is 5.97 Å². The number of nitrogens with one attached hydrogen (secondary N) is 2. The lowest BCUT2D eigenvalue weighted by Crippen LogP contribution is -2.18. The van der Waals surface area contributed by atoms with Gasteiger partial charge in [-0.1, -0.05) is 30.3 Å². The van der Waals surface area contributed by atoms with Crippen LogP contribution in [0, 0.1) is 0 Å². The maximum Gasteiger partial charge on any atom is 0.339 e. The van der Waals surface area contributed by atoms with Gasteiger partial charge in [-0.05, 0) is 49.2 Å². The molecule has 154 valence electrons. The van der Waals surface area contributed by atoms with Gasteiger partial charge in [-0.15, -0.1) is 0 Å². The first-order valence-electron chi connectivity index (χ1n) is 10.2. The number of aromatic nitrogens is 1. The summed E-state index contributed by atoms with van der Waals surface area (Å²) < 4.78 is 4.84. The lowest BCUT2D eigenvalue weighted by Gasteiger charge is -2.17. The molecule has 0 atom stereocenters. The predicted molar refractivity (Wildman–Crippen MR) is 121 cm³/mol. The highest BCUT2D eigenvalue weighted by Crippen LogP contribution is 2.25. The van der Waals surface area contributed by atoms with Gasteiger partial charge in [0.25, 0.3) is 0 Å². The summed E-state index contributed by atoms with van der Waals surface area (Å²) in [4.78, 5) is 19.1. The van der Waals surface area contributed by atoms with E-state index in [4.69, 9.17) is 9.72 Å². The van der Waals surface area contributed by atoms with Crippen LogP contribution in [0.3, 0.4) is 0 Å². The van der Waals surface area contributed by atoms with Crippen LogP contribution in [0.25, 0.3) is 11.3 Å². The van der Waals surface area contributed by atoms with Crippen LogP contribution in [0.1, 0.15) is 23.2 Å². The van der Waals surface area contributed by atoms with Crippen LogP contribution in [0.5, 0.6) is 0 Å². The Balaban J connectivity index is 1.44. The molecule has 6 heteroatoms. The van der Waals surface area contributed by atoms with E-state index in [0.29, 0.717) is 12.2 Å². The third-order valence-corrected chi connectivity index (χ3v) is 5.23. The zero-order chi connectivity index (χ0) is 20.8. The number of anilines is 3. The second-order valence-corrected chi connectivity index (χ2v) is 7.22. The minimum absolute atomic E-state index is 0.357. The van der Waals surface area contributed by atoms with E-state index in [9.17, 15) is 4.79 Å². The predicted octanol–water partition coefficient (Wildman–Crippen LogP) is 4.62. The number of ether oxygens (including phenoxy) is 1. The molecule has 4 rings (SSSR count). The lowest BCUT2D eigenvalue weighted by atomic mass is 10.1. The van der Waals surface area contributed by atoms with Crippen molar-refractivity contribution in [1.29, 1.82) is 0 Å². The van der Waals surface area contributed by atoms with Gasteiger partial charge in [-0.25, -0.2) is 9.78 Å². The van der Waals surface area contributed by atoms with E-state index in [0.717, 1.165) is 41.5 Å². The monoisotopic (exact) mass is 402 g/mol. The SMILES string of the molecule is COC(=O)c1ccccc1NCNc1cccc(-c2cccc(N3CCCC3)n2)c1. The van der Waals surface area contributed by atoms with E-state index in [1.165, 1.54) is 20.0 Å². The van der Waals surface area contributed by atoms with Crippen molar-refractivity contribution in [2.24, 2.45) is 0 Å². The van der Waals surface area contributed by atoms with Crippen LogP contribution in [-0.2, 0) is 4.74 Å². The Bertz CT molecular complexity index is 1020. The Morgan fingerprint density at radius 3 is 2.63 bits per heavy atom. The van der Waals surface area contributed by atoms with Crippen LogP contribution in [0.4, 0.5) is 17.2 Å². The maximum atomic E-state index is 11.9. The molecule has 2 aromatic carbocycles. The van der Waals surface area contributed by atoms with Gasteiger partial charge >= 0.3 is 5.97 Å². The first kappa shape index (κ1) is 19.8. The zero-order valence-corrected chi connectivity index (χ0v) is 17.1. The number of hydrogen-bond donors (Lipinski definition) is 2. The molecule has 6 nitrogen and oxygen atoms in total. The van der Waals surface area contributed by atoms with Gasteiger partial charge < -0.3 is 20.3 Å². The number of rotatable bonds is 7. The topological polar surface area (TPSA) is 66.5 Å². The van der Waals surface area contributed by atoms with Crippen LogP contribution in [-0.4, -0.2) is 37.8 Å². The van der Waals surface area contributed by atoms with E-state index in [1.54, 1.807) is 6.07 Å². The van der Waals surface area contributed by atoms with Crippen molar-refractivity contribution >= 4 is 23.2 Å². The molecule has 0 saturated carbocycles. The number of hydrogen-bond acceptors (Lipinski definition) is 6.